The molecule has 3 rings (SSSR count). The number of carbonyl (C=O) groups excluding carboxylic acids is 2. The Morgan fingerprint density at radius 3 is 2.29 bits per heavy atom. The van der Waals surface area contributed by atoms with Gasteiger partial charge >= 0.3 is 0 Å². The highest BCUT2D eigenvalue weighted by atomic mass is 32.2. The minimum absolute atomic E-state index is 0.232. The summed E-state index contributed by atoms with van der Waals surface area (Å²) in [7, 11) is 0. The van der Waals surface area contributed by atoms with Gasteiger partial charge in [0.15, 0.2) is 0 Å². The predicted molar refractivity (Wildman–Crippen MR) is 90.7 cm³/mol. The van der Waals surface area contributed by atoms with E-state index in [9.17, 15) is 14.0 Å². The Kier molecular flexibility index (Phi) is 5.15. The number of rotatable bonds is 6. The van der Waals surface area contributed by atoms with Crippen molar-refractivity contribution < 1.29 is 18.7 Å². The van der Waals surface area contributed by atoms with Crippen LogP contribution in [0.1, 0.15) is 11.1 Å². The highest BCUT2D eigenvalue weighted by Gasteiger charge is 2.31. The van der Waals surface area contributed by atoms with Gasteiger partial charge in [0.2, 0.25) is 5.91 Å². The predicted octanol–water partition coefficient (Wildman–Crippen LogP) is 3.34. The van der Waals surface area contributed by atoms with E-state index in [0.717, 1.165) is 28.6 Å². The number of hydrogen-bond donors (Lipinski definition) is 1. The summed E-state index contributed by atoms with van der Waals surface area (Å²) in [5.41, 5.74) is 1.99. The Labute approximate surface area is 143 Å². The van der Waals surface area contributed by atoms with E-state index < -0.39 is 0 Å². The van der Waals surface area contributed by atoms with Gasteiger partial charge in [0.25, 0.3) is 5.24 Å². The monoisotopic (exact) mass is 345 g/mol. The topological polar surface area (TPSA) is 55.4 Å². The van der Waals surface area contributed by atoms with Crippen LogP contribution in [0, 0.1) is 5.82 Å². The molecule has 2 aromatic rings. The van der Waals surface area contributed by atoms with Crippen molar-refractivity contribution in [2.24, 2.45) is 0 Å². The Bertz CT molecular complexity index is 731. The van der Waals surface area contributed by atoms with Gasteiger partial charge in [-0.2, -0.15) is 0 Å². The van der Waals surface area contributed by atoms with Crippen molar-refractivity contribution in [1.29, 1.82) is 0 Å². The molecule has 0 aromatic heterocycles. The summed E-state index contributed by atoms with van der Waals surface area (Å²) in [5.74, 6) is 0.260. The number of nitrogens with one attached hydrogen (secondary N) is 1. The third kappa shape index (κ3) is 4.35. The van der Waals surface area contributed by atoms with E-state index in [1.165, 1.54) is 12.1 Å². The van der Waals surface area contributed by atoms with Crippen LogP contribution >= 0.6 is 11.8 Å². The molecule has 4 nitrogen and oxygen atoms in total. The zero-order valence-electron chi connectivity index (χ0n) is 12.8. The van der Waals surface area contributed by atoms with Gasteiger partial charge in [-0.05, 0) is 41.8 Å². The third-order valence-electron chi connectivity index (χ3n) is 3.68. The van der Waals surface area contributed by atoms with Crippen molar-refractivity contribution in [3.8, 4) is 5.75 Å². The average Bonchev–Trinajstić information content (AvgIpc) is 2.88. The summed E-state index contributed by atoms with van der Waals surface area (Å²) in [6.07, 6.45) is 1.21. The van der Waals surface area contributed by atoms with Crippen LogP contribution in [0.15, 0.2) is 48.5 Å². The number of benzene rings is 2. The van der Waals surface area contributed by atoms with Crippen LogP contribution in [-0.4, -0.2) is 23.0 Å². The Balaban J connectivity index is 1.48. The van der Waals surface area contributed by atoms with E-state index >= 15 is 0 Å². The molecule has 1 aliphatic heterocycles. The highest BCUT2D eigenvalue weighted by molar-refractivity contribution is 8.15. The molecule has 1 unspecified atom stereocenters. The zero-order chi connectivity index (χ0) is 16.9. The first-order valence-electron chi connectivity index (χ1n) is 7.58. The molecular formula is C18H16FNO3S. The van der Waals surface area contributed by atoms with Crippen molar-refractivity contribution in [2.45, 2.75) is 18.1 Å². The van der Waals surface area contributed by atoms with Crippen molar-refractivity contribution in [3.05, 3.63) is 65.5 Å². The Hall–Kier alpha value is -2.34. The van der Waals surface area contributed by atoms with E-state index in [1.807, 2.05) is 24.3 Å². The fourth-order valence-electron chi connectivity index (χ4n) is 2.40. The summed E-state index contributed by atoms with van der Waals surface area (Å²) in [6, 6.07) is 13.8. The second kappa shape index (κ2) is 7.49. The van der Waals surface area contributed by atoms with Gasteiger partial charge in [-0.25, -0.2) is 4.39 Å². The summed E-state index contributed by atoms with van der Waals surface area (Å²) >= 11 is 1.03. The number of carbonyl (C=O) groups is 2. The second-order valence-corrected chi connectivity index (χ2v) is 6.63. The van der Waals surface area contributed by atoms with Gasteiger partial charge in [-0.1, -0.05) is 36.0 Å². The molecule has 1 heterocycles. The molecule has 1 N–H and O–H groups in total. The van der Waals surface area contributed by atoms with Gasteiger partial charge in [-0.15, -0.1) is 0 Å². The van der Waals surface area contributed by atoms with Gasteiger partial charge in [-0.3, -0.25) is 14.9 Å². The largest absolute Gasteiger partial charge is 0.493 e. The minimum Gasteiger partial charge on any atom is -0.493 e. The molecule has 124 valence electrons. The molecule has 1 fully saturated rings. The van der Waals surface area contributed by atoms with Crippen molar-refractivity contribution in [2.75, 3.05) is 6.61 Å². The molecule has 6 heteroatoms. The van der Waals surface area contributed by atoms with Gasteiger partial charge in [0.05, 0.1) is 11.9 Å². The molecular weight excluding hydrogens is 329 g/mol. The molecule has 0 spiro atoms. The quantitative estimate of drug-likeness (QED) is 0.872. The van der Waals surface area contributed by atoms with Crippen LogP contribution in [0.2, 0.25) is 0 Å². The number of ether oxygens (including phenoxy) is 1. The van der Waals surface area contributed by atoms with E-state index in [0.29, 0.717) is 19.4 Å². The van der Waals surface area contributed by atoms with Crippen LogP contribution in [-0.2, 0) is 17.6 Å². The normalized spacial score (nSPS) is 17.0. The molecule has 2 amide bonds. The lowest BCUT2D eigenvalue weighted by atomic mass is 10.1. The maximum atomic E-state index is 12.8. The van der Waals surface area contributed by atoms with E-state index in [2.05, 4.69) is 5.32 Å². The number of halogens is 1. The Morgan fingerprint density at radius 1 is 1.00 bits per heavy atom. The molecule has 1 atom stereocenters. The summed E-state index contributed by atoms with van der Waals surface area (Å²) < 4.78 is 18.5. The fourth-order valence-corrected chi connectivity index (χ4v) is 3.26. The smallest absolute Gasteiger partial charge is 0.286 e. The number of thioether (sulfide) groups is 1. The fraction of sp³-hybridized carbons (Fsp3) is 0.222. The molecule has 2 aromatic carbocycles. The Morgan fingerprint density at radius 2 is 1.67 bits per heavy atom. The van der Waals surface area contributed by atoms with Crippen LogP contribution < -0.4 is 10.1 Å². The summed E-state index contributed by atoms with van der Waals surface area (Å²) in [5, 5.41) is 1.64. The first kappa shape index (κ1) is 16.5. The first-order chi connectivity index (χ1) is 11.6. The zero-order valence-corrected chi connectivity index (χ0v) is 13.6. The van der Waals surface area contributed by atoms with Crippen molar-refractivity contribution in [3.63, 3.8) is 0 Å². The minimum atomic E-state index is -0.359. The third-order valence-corrected chi connectivity index (χ3v) is 4.67. The van der Waals surface area contributed by atoms with E-state index in [1.54, 1.807) is 12.1 Å². The van der Waals surface area contributed by atoms with Crippen molar-refractivity contribution >= 4 is 22.9 Å². The van der Waals surface area contributed by atoms with Crippen LogP contribution in [0.25, 0.3) is 0 Å². The van der Waals surface area contributed by atoms with Gasteiger partial charge in [0.1, 0.15) is 11.6 Å². The summed E-state index contributed by atoms with van der Waals surface area (Å²) in [4.78, 5) is 22.7. The van der Waals surface area contributed by atoms with Crippen LogP contribution in [0.4, 0.5) is 9.18 Å². The molecule has 24 heavy (non-hydrogen) atoms. The SMILES string of the molecule is O=C1NC(=O)C(Cc2ccc(OCCc3ccc(F)cc3)cc2)S1. The lowest BCUT2D eigenvalue weighted by Gasteiger charge is -2.09. The first-order valence-corrected chi connectivity index (χ1v) is 8.46. The van der Waals surface area contributed by atoms with Gasteiger partial charge < -0.3 is 4.74 Å². The standard InChI is InChI=1S/C18H16FNO3S/c19-14-5-1-12(2-6-14)9-10-23-15-7-3-13(4-8-15)11-16-17(21)20-18(22)24-16/h1-8,16H,9-11H2,(H,20,21,22). The van der Waals surface area contributed by atoms with E-state index in [4.69, 9.17) is 4.74 Å². The molecule has 0 saturated carbocycles. The maximum Gasteiger partial charge on any atom is 0.286 e. The second-order valence-electron chi connectivity index (χ2n) is 5.46. The van der Waals surface area contributed by atoms with Crippen LogP contribution in [0.5, 0.6) is 5.75 Å². The number of imide groups is 1. The van der Waals surface area contributed by atoms with Gasteiger partial charge in [0, 0.05) is 6.42 Å². The van der Waals surface area contributed by atoms with E-state index in [-0.39, 0.29) is 22.2 Å². The highest BCUT2D eigenvalue weighted by Crippen LogP contribution is 2.23. The molecule has 0 radical (unpaired) electrons. The molecule has 1 aliphatic rings. The lowest BCUT2D eigenvalue weighted by molar-refractivity contribution is -0.118. The number of hydrogen-bond acceptors (Lipinski definition) is 4. The van der Waals surface area contributed by atoms with Crippen molar-refractivity contribution in [1.82, 2.24) is 5.32 Å². The molecule has 1 saturated heterocycles. The summed E-state index contributed by atoms with van der Waals surface area (Å²) in [6.45, 7) is 0.500. The molecule has 0 bridgehead atoms. The lowest BCUT2D eigenvalue weighted by Crippen LogP contribution is -2.25. The maximum absolute atomic E-state index is 12.8. The van der Waals surface area contributed by atoms with Crippen LogP contribution in [0.3, 0.4) is 0 Å². The number of amides is 2. The molecule has 0 aliphatic carbocycles. The average molecular weight is 345 g/mol.